The quantitative estimate of drug-likeness (QED) is 0.886. The Kier molecular flexibility index (Phi) is 3.85. The minimum absolute atomic E-state index is 0.105. The zero-order chi connectivity index (χ0) is 13.8. The van der Waals surface area contributed by atoms with Gasteiger partial charge in [0.05, 0.1) is 0 Å². The van der Waals surface area contributed by atoms with Gasteiger partial charge in [-0.2, -0.15) is 0 Å². The number of hydrogen-bond acceptors (Lipinski definition) is 2. The molecular formula is C16H17NO2. The summed E-state index contributed by atoms with van der Waals surface area (Å²) in [5.74, 6) is 0.101. The third-order valence-electron chi connectivity index (χ3n) is 3.13. The monoisotopic (exact) mass is 255 g/mol. The fourth-order valence-electron chi connectivity index (χ4n) is 1.83. The molecule has 3 nitrogen and oxygen atoms in total. The van der Waals surface area contributed by atoms with Crippen LogP contribution in [0.3, 0.4) is 0 Å². The van der Waals surface area contributed by atoms with E-state index in [-0.39, 0.29) is 11.7 Å². The van der Waals surface area contributed by atoms with Crippen LogP contribution in [0.1, 0.15) is 27.0 Å². The number of aromatic hydroxyl groups is 1. The number of rotatable bonds is 3. The lowest BCUT2D eigenvalue weighted by Gasteiger charge is -2.07. The molecule has 0 heterocycles. The Morgan fingerprint density at radius 3 is 2.58 bits per heavy atom. The minimum atomic E-state index is -0.105. The summed E-state index contributed by atoms with van der Waals surface area (Å²) in [6.07, 6.45) is 0. The van der Waals surface area contributed by atoms with E-state index >= 15 is 0 Å². The van der Waals surface area contributed by atoms with Gasteiger partial charge in [0.1, 0.15) is 5.75 Å². The fourth-order valence-corrected chi connectivity index (χ4v) is 1.83. The van der Waals surface area contributed by atoms with Gasteiger partial charge in [0.15, 0.2) is 0 Å². The first-order valence-corrected chi connectivity index (χ1v) is 6.19. The van der Waals surface area contributed by atoms with E-state index in [0.29, 0.717) is 12.1 Å². The van der Waals surface area contributed by atoms with Crippen molar-refractivity contribution in [1.82, 2.24) is 5.32 Å². The van der Waals surface area contributed by atoms with Crippen molar-refractivity contribution in [2.24, 2.45) is 0 Å². The molecule has 0 unspecified atom stereocenters. The number of phenolic OH excluding ortho intramolecular Hbond substituents is 1. The van der Waals surface area contributed by atoms with Crippen molar-refractivity contribution >= 4 is 5.91 Å². The molecule has 2 aromatic rings. The van der Waals surface area contributed by atoms with Gasteiger partial charge in [-0.25, -0.2) is 0 Å². The highest BCUT2D eigenvalue weighted by molar-refractivity contribution is 5.94. The average Bonchev–Trinajstić information content (AvgIpc) is 2.39. The molecule has 0 spiro atoms. The summed E-state index contributed by atoms with van der Waals surface area (Å²) in [6, 6.07) is 12.5. The van der Waals surface area contributed by atoms with Gasteiger partial charge in [-0.3, -0.25) is 4.79 Å². The van der Waals surface area contributed by atoms with Crippen LogP contribution in [-0.4, -0.2) is 11.0 Å². The van der Waals surface area contributed by atoms with E-state index < -0.39 is 0 Å². The molecule has 0 saturated heterocycles. The normalized spacial score (nSPS) is 10.2. The molecule has 1 amide bonds. The van der Waals surface area contributed by atoms with Gasteiger partial charge >= 0.3 is 0 Å². The van der Waals surface area contributed by atoms with Crippen molar-refractivity contribution in [3.8, 4) is 5.75 Å². The summed E-state index contributed by atoms with van der Waals surface area (Å²) >= 11 is 0. The van der Waals surface area contributed by atoms with Gasteiger partial charge in [0.25, 0.3) is 5.91 Å². The first kappa shape index (κ1) is 13.1. The smallest absolute Gasteiger partial charge is 0.251 e. The van der Waals surface area contributed by atoms with Gasteiger partial charge < -0.3 is 10.4 Å². The minimum Gasteiger partial charge on any atom is -0.508 e. The summed E-state index contributed by atoms with van der Waals surface area (Å²) in [4.78, 5) is 12.0. The molecule has 0 aliphatic rings. The molecule has 0 bridgehead atoms. The fraction of sp³-hybridized carbons (Fsp3) is 0.188. The number of nitrogens with one attached hydrogen (secondary N) is 1. The van der Waals surface area contributed by atoms with Gasteiger partial charge in [-0.1, -0.05) is 18.2 Å². The van der Waals surface area contributed by atoms with Gasteiger partial charge in [0.2, 0.25) is 0 Å². The molecule has 0 fully saturated rings. The van der Waals surface area contributed by atoms with E-state index in [1.54, 1.807) is 18.2 Å². The molecule has 0 aliphatic carbocycles. The van der Waals surface area contributed by atoms with Crippen LogP contribution in [0.25, 0.3) is 0 Å². The van der Waals surface area contributed by atoms with E-state index in [0.717, 1.165) is 11.1 Å². The van der Waals surface area contributed by atoms with Crippen molar-refractivity contribution in [1.29, 1.82) is 0 Å². The van der Waals surface area contributed by atoms with E-state index in [9.17, 15) is 9.90 Å². The van der Waals surface area contributed by atoms with Crippen LogP contribution < -0.4 is 5.32 Å². The zero-order valence-corrected chi connectivity index (χ0v) is 11.1. The third-order valence-corrected chi connectivity index (χ3v) is 3.13. The second-order valence-corrected chi connectivity index (χ2v) is 4.65. The van der Waals surface area contributed by atoms with Crippen LogP contribution in [-0.2, 0) is 6.54 Å². The lowest BCUT2D eigenvalue weighted by molar-refractivity contribution is 0.0950. The molecule has 3 heteroatoms. The Morgan fingerprint density at radius 2 is 1.89 bits per heavy atom. The average molecular weight is 255 g/mol. The molecular weight excluding hydrogens is 238 g/mol. The molecule has 0 atom stereocenters. The second kappa shape index (κ2) is 5.57. The molecule has 2 N–H and O–H groups in total. The van der Waals surface area contributed by atoms with Crippen molar-refractivity contribution in [3.63, 3.8) is 0 Å². The first-order chi connectivity index (χ1) is 9.06. The molecule has 19 heavy (non-hydrogen) atoms. The molecule has 0 aliphatic heterocycles. The van der Waals surface area contributed by atoms with Crippen molar-refractivity contribution in [2.45, 2.75) is 20.4 Å². The maximum Gasteiger partial charge on any atom is 0.251 e. The maximum atomic E-state index is 12.0. The van der Waals surface area contributed by atoms with Gasteiger partial charge in [-0.05, 0) is 54.8 Å². The number of carbonyl (C=O) groups excluding carboxylic acids is 1. The van der Waals surface area contributed by atoms with Gasteiger partial charge in [0, 0.05) is 12.1 Å². The molecule has 0 radical (unpaired) electrons. The van der Waals surface area contributed by atoms with Crippen LogP contribution in [0, 0.1) is 13.8 Å². The topological polar surface area (TPSA) is 49.3 Å². The first-order valence-electron chi connectivity index (χ1n) is 6.19. The van der Waals surface area contributed by atoms with E-state index in [4.69, 9.17) is 0 Å². The van der Waals surface area contributed by atoms with Crippen LogP contribution in [0.4, 0.5) is 0 Å². The summed E-state index contributed by atoms with van der Waals surface area (Å²) in [6.45, 7) is 4.41. The summed E-state index contributed by atoms with van der Waals surface area (Å²) in [7, 11) is 0. The number of carbonyl (C=O) groups is 1. The van der Waals surface area contributed by atoms with Crippen molar-refractivity contribution in [3.05, 3.63) is 64.7 Å². The predicted molar refractivity (Wildman–Crippen MR) is 75.2 cm³/mol. The third kappa shape index (κ3) is 3.35. The second-order valence-electron chi connectivity index (χ2n) is 4.65. The van der Waals surface area contributed by atoms with Crippen molar-refractivity contribution in [2.75, 3.05) is 0 Å². The Labute approximate surface area is 112 Å². The highest BCUT2D eigenvalue weighted by atomic mass is 16.3. The summed E-state index contributed by atoms with van der Waals surface area (Å²) in [5.41, 5.74) is 3.80. The lowest BCUT2D eigenvalue weighted by Crippen LogP contribution is -2.22. The highest BCUT2D eigenvalue weighted by Gasteiger charge is 2.06. The molecule has 2 rings (SSSR count). The van der Waals surface area contributed by atoms with E-state index in [1.165, 1.54) is 5.56 Å². The molecule has 2 aromatic carbocycles. The van der Waals surface area contributed by atoms with Crippen LogP contribution in [0.2, 0.25) is 0 Å². The SMILES string of the molecule is Cc1ccc(C(=O)NCc2cccc(O)c2)cc1C. The summed E-state index contributed by atoms with van der Waals surface area (Å²) in [5, 5.41) is 12.2. The number of aryl methyl sites for hydroxylation is 2. The van der Waals surface area contributed by atoms with E-state index in [1.807, 2.05) is 38.1 Å². The zero-order valence-electron chi connectivity index (χ0n) is 11.1. The maximum absolute atomic E-state index is 12.0. The van der Waals surface area contributed by atoms with Crippen LogP contribution in [0.5, 0.6) is 5.75 Å². The number of phenols is 1. The number of amides is 1. The van der Waals surface area contributed by atoms with Crippen LogP contribution in [0.15, 0.2) is 42.5 Å². The Bertz CT molecular complexity index is 605. The Morgan fingerprint density at radius 1 is 1.11 bits per heavy atom. The van der Waals surface area contributed by atoms with E-state index in [2.05, 4.69) is 5.32 Å². The van der Waals surface area contributed by atoms with Gasteiger partial charge in [-0.15, -0.1) is 0 Å². The highest BCUT2D eigenvalue weighted by Crippen LogP contribution is 2.12. The summed E-state index contributed by atoms with van der Waals surface area (Å²) < 4.78 is 0. The molecule has 0 aromatic heterocycles. The largest absolute Gasteiger partial charge is 0.508 e. The lowest BCUT2D eigenvalue weighted by atomic mass is 10.1. The standard InChI is InChI=1S/C16H17NO2/c1-11-6-7-14(8-12(11)2)16(19)17-10-13-4-3-5-15(18)9-13/h3-9,18H,10H2,1-2H3,(H,17,19). The number of benzene rings is 2. The van der Waals surface area contributed by atoms with Crippen LogP contribution >= 0.6 is 0 Å². The number of hydrogen-bond donors (Lipinski definition) is 2. The Balaban J connectivity index is 2.03. The van der Waals surface area contributed by atoms with Crippen molar-refractivity contribution < 1.29 is 9.90 Å². The molecule has 0 saturated carbocycles. The molecule has 98 valence electrons. The predicted octanol–water partition coefficient (Wildman–Crippen LogP) is 2.94. The Hall–Kier alpha value is -2.29.